The predicted molar refractivity (Wildman–Crippen MR) is 112 cm³/mol. The molecular weight excluding hydrogens is 375 g/mol. The zero-order valence-electron chi connectivity index (χ0n) is 14.9. The van der Waals surface area contributed by atoms with E-state index in [0.717, 1.165) is 23.1 Å². The van der Waals surface area contributed by atoms with E-state index < -0.39 is 5.41 Å². The Hall–Kier alpha value is -2.09. The van der Waals surface area contributed by atoms with Crippen molar-refractivity contribution < 1.29 is 4.79 Å². The Balaban J connectivity index is 1.83. The SMILES string of the molecule is O=C1CCc2ccccc2C1(Cc1ccc(Cl)cc1)Cc1ccc(Cl)cc1. The number of ketones is 1. The van der Waals surface area contributed by atoms with E-state index in [4.69, 9.17) is 23.2 Å². The van der Waals surface area contributed by atoms with Crippen molar-refractivity contribution >= 4 is 29.0 Å². The molecule has 0 amide bonds. The van der Waals surface area contributed by atoms with Gasteiger partial charge in [-0.2, -0.15) is 0 Å². The van der Waals surface area contributed by atoms with Crippen LogP contribution in [0.3, 0.4) is 0 Å². The molecule has 0 heterocycles. The largest absolute Gasteiger partial charge is 0.299 e. The van der Waals surface area contributed by atoms with E-state index in [0.29, 0.717) is 35.1 Å². The molecule has 3 aromatic rings. The molecule has 0 spiro atoms. The molecule has 3 aromatic carbocycles. The molecule has 136 valence electrons. The van der Waals surface area contributed by atoms with E-state index in [9.17, 15) is 4.79 Å². The normalized spacial score (nSPS) is 15.4. The fourth-order valence-corrected chi connectivity index (χ4v) is 4.45. The number of aryl methyl sites for hydroxylation is 1. The van der Waals surface area contributed by atoms with Gasteiger partial charge in [-0.25, -0.2) is 0 Å². The summed E-state index contributed by atoms with van der Waals surface area (Å²) in [6.45, 7) is 0. The number of hydrogen-bond acceptors (Lipinski definition) is 1. The molecule has 3 heteroatoms. The van der Waals surface area contributed by atoms with Gasteiger partial charge in [-0.05, 0) is 65.8 Å². The Bertz CT molecular complexity index is 911. The van der Waals surface area contributed by atoms with Crippen LogP contribution in [0.25, 0.3) is 0 Å². The van der Waals surface area contributed by atoms with Gasteiger partial charge in [0.05, 0.1) is 5.41 Å². The predicted octanol–water partition coefficient (Wildman–Crippen LogP) is 6.23. The van der Waals surface area contributed by atoms with Gasteiger partial charge in [0.25, 0.3) is 0 Å². The first-order valence-corrected chi connectivity index (χ1v) is 9.93. The van der Waals surface area contributed by atoms with Gasteiger partial charge in [-0.1, -0.05) is 71.7 Å². The molecule has 0 saturated heterocycles. The first kappa shape index (κ1) is 18.3. The van der Waals surface area contributed by atoms with E-state index in [2.05, 4.69) is 18.2 Å². The highest BCUT2D eigenvalue weighted by atomic mass is 35.5. The molecule has 0 saturated carbocycles. The average Bonchev–Trinajstić information content (AvgIpc) is 2.69. The number of halogens is 2. The summed E-state index contributed by atoms with van der Waals surface area (Å²) in [5.74, 6) is 0.311. The molecule has 0 N–H and O–H groups in total. The maximum atomic E-state index is 13.4. The summed E-state index contributed by atoms with van der Waals surface area (Å²) < 4.78 is 0. The molecule has 0 fully saturated rings. The second kappa shape index (κ2) is 7.50. The van der Waals surface area contributed by atoms with Crippen LogP contribution in [0.15, 0.2) is 72.8 Å². The molecule has 0 bridgehead atoms. The molecule has 27 heavy (non-hydrogen) atoms. The van der Waals surface area contributed by atoms with Gasteiger partial charge in [0.2, 0.25) is 0 Å². The molecule has 0 radical (unpaired) electrons. The van der Waals surface area contributed by atoms with Crippen LogP contribution < -0.4 is 0 Å². The van der Waals surface area contributed by atoms with Gasteiger partial charge in [-0.3, -0.25) is 4.79 Å². The molecular formula is C24H20Cl2O. The monoisotopic (exact) mass is 394 g/mol. The van der Waals surface area contributed by atoms with E-state index in [-0.39, 0.29) is 0 Å². The van der Waals surface area contributed by atoms with Gasteiger partial charge in [0.1, 0.15) is 5.78 Å². The Morgan fingerprint density at radius 1 is 0.704 bits per heavy atom. The average molecular weight is 395 g/mol. The Kier molecular flexibility index (Phi) is 5.08. The highest BCUT2D eigenvalue weighted by molar-refractivity contribution is 6.30. The van der Waals surface area contributed by atoms with Crippen molar-refractivity contribution in [3.63, 3.8) is 0 Å². The van der Waals surface area contributed by atoms with Crippen LogP contribution in [-0.4, -0.2) is 5.78 Å². The second-order valence-corrected chi connectivity index (χ2v) is 8.14. The smallest absolute Gasteiger partial charge is 0.144 e. The van der Waals surface area contributed by atoms with Crippen LogP contribution in [0.2, 0.25) is 10.0 Å². The van der Waals surface area contributed by atoms with Crippen molar-refractivity contribution in [2.24, 2.45) is 0 Å². The summed E-state index contributed by atoms with van der Waals surface area (Å²) in [4.78, 5) is 13.4. The van der Waals surface area contributed by atoms with Gasteiger partial charge in [0.15, 0.2) is 0 Å². The molecule has 4 rings (SSSR count). The van der Waals surface area contributed by atoms with Gasteiger partial charge in [-0.15, -0.1) is 0 Å². The minimum absolute atomic E-state index is 0.311. The summed E-state index contributed by atoms with van der Waals surface area (Å²) in [5.41, 5.74) is 4.12. The highest BCUT2D eigenvalue weighted by Crippen LogP contribution is 2.40. The highest BCUT2D eigenvalue weighted by Gasteiger charge is 2.43. The summed E-state index contributed by atoms with van der Waals surface area (Å²) >= 11 is 12.1. The second-order valence-electron chi connectivity index (χ2n) is 7.27. The Morgan fingerprint density at radius 3 is 1.78 bits per heavy atom. The fraction of sp³-hybridized carbons (Fsp3) is 0.208. The van der Waals surface area contributed by atoms with Crippen LogP contribution in [0, 0.1) is 0 Å². The summed E-state index contributed by atoms with van der Waals surface area (Å²) in [6.07, 6.45) is 2.74. The van der Waals surface area contributed by atoms with E-state index >= 15 is 0 Å². The first-order valence-electron chi connectivity index (χ1n) is 9.17. The number of benzene rings is 3. The molecule has 0 unspecified atom stereocenters. The minimum atomic E-state index is -0.559. The summed E-state index contributed by atoms with van der Waals surface area (Å²) in [6, 6.07) is 24.1. The standard InChI is InChI=1S/C24H20Cl2O/c25-20-10-5-17(6-11-20)15-24(16-18-7-12-21(26)13-8-18)22-4-2-1-3-19(22)9-14-23(24)27/h1-8,10-13H,9,14-16H2. The van der Waals surface area contributed by atoms with Crippen molar-refractivity contribution in [3.8, 4) is 0 Å². The number of fused-ring (bicyclic) bond motifs is 1. The van der Waals surface area contributed by atoms with E-state index in [1.54, 1.807) is 0 Å². The molecule has 0 aromatic heterocycles. The molecule has 1 aliphatic rings. The number of hydrogen-bond donors (Lipinski definition) is 0. The lowest BCUT2D eigenvalue weighted by Crippen LogP contribution is -2.44. The molecule has 0 atom stereocenters. The van der Waals surface area contributed by atoms with Crippen LogP contribution in [0.5, 0.6) is 0 Å². The third-order valence-corrected chi connectivity index (χ3v) is 6.03. The van der Waals surface area contributed by atoms with Crippen molar-refractivity contribution in [1.82, 2.24) is 0 Å². The lowest BCUT2D eigenvalue weighted by molar-refractivity contribution is -0.125. The zero-order chi connectivity index (χ0) is 18.9. The van der Waals surface area contributed by atoms with Gasteiger partial charge < -0.3 is 0 Å². The third kappa shape index (κ3) is 3.67. The summed E-state index contributed by atoms with van der Waals surface area (Å²) in [7, 11) is 0. The van der Waals surface area contributed by atoms with Crippen LogP contribution in [-0.2, 0) is 29.5 Å². The van der Waals surface area contributed by atoms with E-state index in [1.807, 2.05) is 54.6 Å². The van der Waals surface area contributed by atoms with Crippen molar-refractivity contribution in [1.29, 1.82) is 0 Å². The lowest BCUT2D eigenvalue weighted by Gasteiger charge is -2.38. The quantitative estimate of drug-likeness (QED) is 0.512. The van der Waals surface area contributed by atoms with Crippen molar-refractivity contribution in [3.05, 3.63) is 105 Å². The Morgan fingerprint density at radius 2 is 1.22 bits per heavy atom. The number of rotatable bonds is 4. The summed E-state index contributed by atoms with van der Waals surface area (Å²) in [5, 5.41) is 1.42. The molecule has 0 aliphatic heterocycles. The lowest BCUT2D eigenvalue weighted by atomic mass is 9.63. The number of carbonyl (C=O) groups excluding carboxylic acids is 1. The van der Waals surface area contributed by atoms with Crippen LogP contribution in [0.1, 0.15) is 28.7 Å². The van der Waals surface area contributed by atoms with Gasteiger partial charge in [0, 0.05) is 16.5 Å². The molecule has 1 nitrogen and oxygen atoms in total. The fourth-order valence-electron chi connectivity index (χ4n) is 4.19. The minimum Gasteiger partial charge on any atom is -0.299 e. The Labute approximate surface area is 169 Å². The van der Waals surface area contributed by atoms with Crippen LogP contribution in [0.4, 0.5) is 0 Å². The van der Waals surface area contributed by atoms with Crippen molar-refractivity contribution in [2.45, 2.75) is 31.1 Å². The topological polar surface area (TPSA) is 17.1 Å². The maximum absolute atomic E-state index is 13.4. The van der Waals surface area contributed by atoms with Crippen molar-refractivity contribution in [2.75, 3.05) is 0 Å². The maximum Gasteiger partial charge on any atom is 0.144 e. The number of Topliss-reactive ketones (excluding diaryl/α,β-unsaturated/α-hetero) is 1. The van der Waals surface area contributed by atoms with Crippen LogP contribution >= 0.6 is 23.2 Å². The zero-order valence-corrected chi connectivity index (χ0v) is 16.4. The first-order chi connectivity index (χ1) is 13.1. The molecule has 1 aliphatic carbocycles. The van der Waals surface area contributed by atoms with E-state index in [1.165, 1.54) is 5.56 Å². The van der Waals surface area contributed by atoms with Gasteiger partial charge >= 0.3 is 0 Å². The number of carbonyl (C=O) groups is 1. The third-order valence-electron chi connectivity index (χ3n) is 5.53.